The summed E-state index contributed by atoms with van der Waals surface area (Å²) in [5, 5.41) is 12.8. The Kier molecular flexibility index (Phi) is 8.53. The third kappa shape index (κ3) is 6.40. The fourth-order valence-corrected chi connectivity index (χ4v) is 3.94. The van der Waals surface area contributed by atoms with Gasteiger partial charge in [-0.3, -0.25) is 4.79 Å². The Labute approximate surface area is 226 Å². The van der Waals surface area contributed by atoms with Crippen molar-refractivity contribution >= 4 is 12.1 Å². The number of methoxy groups -OCH3 is 2. The molecule has 0 spiro atoms. The van der Waals surface area contributed by atoms with Crippen molar-refractivity contribution in [2.24, 2.45) is 5.10 Å². The molecule has 1 amide bonds. The van der Waals surface area contributed by atoms with E-state index in [0.717, 1.165) is 17.1 Å². The lowest BCUT2D eigenvalue weighted by molar-refractivity contribution is 0.0923. The fraction of sp³-hybridized carbons (Fsp3) is 0.207. The first kappa shape index (κ1) is 26.9. The van der Waals surface area contributed by atoms with Crippen molar-refractivity contribution in [1.82, 2.24) is 9.99 Å². The molecule has 10 nitrogen and oxygen atoms in total. The van der Waals surface area contributed by atoms with Crippen LogP contribution in [0.5, 0.6) is 23.0 Å². The summed E-state index contributed by atoms with van der Waals surface area (Å²) in [6.07, 6.45) is 1.42. The van der Waals surface area contributed by atoms with Crippen molar-refractivity contribution in [1.29, 1.82) is 5.26 Å². The molecule has 39 heavy (non-hydrogen) atoms. The number of carbonyl (C=O) groups is 1. The molecule has 4 aromatic rings. The minimum atomic E-state index is -0.521. The molecule has 200 valence electrons. The van der Waals surface area contributed by atoms with Crippen LogP contribution in [0, 0.1) is 25.2 Å². The monoisotopic (exact) mass is 528 g/mol. The molecule has 0 unspecified atom stereocenters. The largest absolute Gasteiger partial charge is 0.493 e. The van der Waals surface area contributed by atoms with Gasteiger partial charge in [0.05, 0.1) is 20.4 Å². The van der Waals surface area contributed by atoms with Crippen LogP contribution in [0.3, 0.4) is 0 Å². The molecular weight excluding hydrogens is 500 g/mol. The fourth-order valence-electron chi connectivity index (χ4n) is 3.94. The van der Waals surface area contributed by atoms with Crippen molar-refractivity contribution in [2.75, 3.05) is 20.8 Å². The molecule has 0 fully saturated rings. The molecule has 0 atom stereocenters. The summed E-state index contributed by atoms with van der Waals surface area (Å²) in [6.45, 7) is 4.13. The summed E-state index contributed by atoms with van der Waals surface area (Å²) in [4.78, 5) is 12.5. The molecule has 0 aliphatic carbocycles. The van der Waals surface area contributed by atoms with E-state index >= 15 is 0 Å². The molecule has 2 heterocycles. The highest BCUT2D eigenvalue weighted by molar-refractivity contribution is 5.92. The Morgan fingerprint density at radius 2 is 1.67 bits per heavy atom. The van der Waals surface area contributed by atoms with E-state index in [1.165, 1.54) is 20.4 Å². The number of rotatable bonds is 11. The van der Waals surface area contributed by atoms with Gasteiger partial charge in [-0.25, -0.2) is 5.43 Å². The van der Waals surface area contributed by atoms with E-state index in [-0.39, 0.29) is 19.0 Å². The van der Waals surface area contributed by atoms with Gasteiger partial charge in [-0.1, -0.05) is 0 Å². The molecule has 4 rings (SSSR count). The topological polar surface area (TPSA) is 120 Å². The van der Waals surface area contributed by atoms with Gasteiger partial charge in [0.15, 0.2) is 23.9 Å². The summed E-state index contributed by atoms with van der Waals surface area (Å²) < 4.78 is 29.6. The number of amides is 1. The summed E-state index contributed by atoms with van der Waals surface area (Å²) in [6, 6.07) is 20.3. The number of nitrogens with zero attached hydrogens (tertiary/aromatic N) is 3. The van der Waals surface area contributed by atoms with Gasteiger partial charge in [0.1, 0.15) is 24.2 Å². The van der Waals surface area contributed by atoms with E-state index in [9.17, 15) is 4.79 Å². The van der Waals surface area contributed by atoms with Crippen LogP contribution in [0.4, 0.5) is 0 Å². The van der Waals surface area contributed by atoms with Crippen LogP contribution < -0.4 is 24.4 Å². The molecule has 0 radical (unpaired) electrons. The van der Waals surface area contributed by atoms with Gasteiger partial charge in [0.2, 0.25) is 5.75 Å². The third-order valence-electron chi connectivity index (χ3n) is 5.78. The van der Waals surface area contributed by atoms with Crippen LogP contribution in [0.1, 0.15) is 33.3 Å². The number of nitriles is 1. The first-order valence-corrected chi connectivity index (χ1v) is 12.0. The maximum absolute atomic E-state index is 12.5. The number of aryl methyl sites for hydroxylation is 2. The minimum Gasteiger partial charge on any atom is -0.493 e. The van der Waals surface area contributed by atoms with E-state index in [4.69, 9.17) is 28.6 Å². The normalized spacial score (nSPS) is 10.7. The molecule has 10 heteroatoms. The maximum atomic E-state index is 12.5. The van der Waals surface area contributed by atoms with Gasteiger partial charge in [0.25, 0.3) is 0 Å². The third-order valence-corrected chi connectivity index (χ3v) is 5.78. The van der Waals surface area contributed by atoms with Gasteiger partial charge >= 0.3 is 5.91 Å². The first-order valence-electron chi connectivity index (χ1n) is 12.0. The lowest BCUT2D eigenvalue weighted by Gasteiger charge is -2.13. The number of carbonyl (C=O) groups excluding carboxylic acids is 1. The number of hydrazone groups is 1. The number of furan rings is 1. The van der Waals surface area contributed by atoms with E-state index < -0.39 is 5.91 Å². The average Bonchev–Trinajstić information content (AvgIpc) is 3.56. The zero-order valence-corrected chi connectivity index (χ0v) is 22.1. The Morgan fingerprint density at radius 1 is 1.00 bits per heavy atom. The number of hydrogen-bond acceptors (Lipinski definition) is 8. The number of hydrogen-bond donors (Lipinski definition) is 1. The second-order valence-corrected chi connectivity index (χ2v) is 8.40. The average molecular weight is 529 g/mol. The van der Waals surface area contributed by atoms with Gasteiger partial charge < -0.3 is 27.9 Å². The number of aromatic nitrogens is 1. The lowest BCUT2D eigenvalue weighted by atomic mass is 10.2. The second-order valence-electron chi connectivity index (χ2n) is 8.40. The predicted octanol–water partition coefficient (Wildman–Crippen LogP) is 4.95. The van der Waals surface area contributed by atoms with Crippen molar-refractivity contribution < 1.29 is 28.2 Å². The van der Waals surface area contributed by atoms with E-state index in [1.54, 1.807) is 24.3 Å². The Bertz CT molecular complexity index is 1470. The Balaban J connectivity index is 1.34. The van der Waals surface area contributed by atoms with E-state index in [0.29, 0.717) is 34.3 Å². The molecule has 2 aromatic carbocycles. The minimum absolute atomic E-state index is 0.0927. The number of nitrogens with one attached hydrogen (secondary N) is 1. The summed E-state index contributed by atoms with van der Waals surface area (Å²) in [7, 11) is 2.94. The molecule has 0 aliphatic heterocycles. The van der Waals surface area contributed by atoms with Gasteiger partial charge in [0, 0.05) is 22.6 Å². The van der Waals surface area contributed by atoms with Crippen molar-refractivity contribution in [2.45, 2.75) is 20.5 Å². The smallest absolute Gasteiger partial charge is 0.307 e. The first-order chi connectivity index (χ1) is 18.9. The molecular formula is C29H28N4O6. The quantitative estimate of drug-likeness (QED) is 0.216. The van der Waals surface area contributed by atoms with Crippen molar-refractivity contribution in [3.8, 4) is 34.8 Å². The summed E-state index contributed by atoms with van der Waals surface area (Å²) in [5.74, 6) is 1.77. The molecule has 0 saturated carbocycles. The van der Waals surface area contributed by atoms with Crippen LogP contribution in [0.25, 0.3) is 5.69 Å². The SMILES string of the molecule is COc1cc(/C=N/NC(=O)c2ccc(COc3ccc(-n4c(C)ccc4C)cc3)o2)cc(OC)c1OCC#N. The molecule has 0 saturated heterocycles. The lowest BCUT2D eigenvalue weighted by Crippen LogP contribution is -2.16. The van der Waals surface area contributed by atoms with Gasteiger partial charge in [-0.05, 0) is 74.5 Å². The highest BCUT2D eigenvalue weighted by Crippen LogP contribution is 2.38. The molecule has 2 aromatic heterocycles. The Hall–Kier alpha value is -5.17. The number of benzene rings is 2. The summed E-state index contributed by atoms with van der Waals surface area (Å²) >= 11 is 0. The molecule has 1 N–H and O–H groups in total. The van der Waals surface area contributed by atoms with Crippen molar-refractivity contribution in [3.05, 3.63) is 89.1 Å². The highest BCUT2D eigenvalue weighted by Gasteiger charge is 2.15. The highest BCUT2D eigenvalue weighted by atomic mass is 16.5. The zero-order valence-electron chi connectivity index (χ0n) is 22.1. The van der Waals surface area contributed by atoms with Gasteiger partial charge in [-0.2, -0.15) is 10.4 Å². The Morgan fingerprint density at radius 3 is 2.28 bits per heavy atom. The van der Waals surface area contributed by atoms with Crippen LogP contribution in [-0.4, -0.2) is 37.5 Å². The molecule has 0 aliphatic rings. The van der Waals surface area contributed by atoms with E-state index in [2.05, 4.69) is 41.1 Å². The van der Waals surface area contributed by atoms with Crippen molar-refractivity contribution in [3.63, 3.8) is 0 Å². The van der Waals surface area contributed by atoms with Gasteiger partial charge in [-0.15, -0.1) is 0 Å². The number of ether oxygens (including phenoxy) is 4. The van der Waals surface area contributed by atoms with Crippen LogP contribution >= 0.6 is 0 Å². The van der Waals surface area contributed by atoms with Crippen LogP contribution in [0.15, 0.2) is 70.2 Å². The van der Waals surface area contributed by atoms with Crippen LogP contribution in [-0.2, 0) is 6.61 Å². The zero-order chi connectivity index (χ0) is 27.8. The molecule has 0 bridgehead atoms. The second kappa shape index (κ2) is 12.4. The predicted molar refractivity (Wildman–Crippen MR) is 144 cm³/mol. The van der Waals surface area contributed by atoms with E-state index in [1.807, 2.05) is 30.3 Å². The maximum Gasteiger partial charge on any atom is 0.307 e. The summed E-state index contributed by atoms with van der Waals surface area (Å²) in [5.41, 5.74) is 6.38. The van der Waals surface area contributed by atoms with Crippen LogP contribution in [0.2, 0.25) is 0 Å². The standard InChI is InChI=1S/C29H28N4O6/c1-19-5-6-20(2)33(19)22-7-9-23(10-8-22)38-18-24-11-12-25(39-24)29(34)32-31-17-21-15-26(35-3)28(37-14-13-30)27(16-21)36-4/h5-12,15-17H,14,18H2,1-4H3,(H,32,34)/b31-17+.